The molecule has 0 saturated carbocycles. The molecule has 0 fully saturated rings. The molecule has 0 aliphatic rings. The van der Waals surface area contributed by atoms with Crippen LogP contribution in [0.4, 0.5) is 0 Å². The van der Waals surface area contributed by atoms with Crippen LogP contribution in [-0.2, 0) is 4.57 Å². The standard InChI is InChI=1S/C6H13.Nd.H3O3P/c1-3-5-6-4-2;;1-4(2)3/h1,3-6H2,2H3;;4H,(H2,1,2,3)/q;+2;/p-2. The Hall–Kier alpha value is 1.50. The molecule has 0 aliphatic heterocycles. The van der Waals surface area contributed by atoms with Crippen LogP contribution in [0.15, 0.2) is 0 Å². The molecule has 0 N–H and O–H groups in total. The van der Waals surface area contributed by atoms with Gasteiger partial charge in [0.25, 0.3) is 0 Å². The van der Waals surface area contributed by atoms with Crippen molar-refractivity contribution < 1.29 is 53.1 Å². The molecule has 0 saturated heterocycles. The van der Waals surface area contributed by atoms with E-state index in [0.29, 0.717) is 0 Å². The van der Waals surface area contributed by atoms with E-state index in [1.165, 1.54) is 66.5 Å². The third-order valence-electron chi connectivity index (χ3n) is 1.03. The summed E-state index contributed by atoms with van der Waals surface area (Å²) in [6.07, 6.45) is 5.78. The molecule has 0 bridgehead atoms. The Labute approximate surface area is 95.1 Å². The minimum atomic E-state index is -3.63. The molecule has 0 aromatic heterocycles. The number of hydrogen-bond acceptors (Lipinski definition) is 3. The first kappa shape index (κ1) is 15.0. The Morgan fingerprint density at radius 1 is 1.27 bits per heavy atom. The van der Waals surface area contributed by atoms with E-state index in [2.05, 4.69) is 6.92 Å². The van der Waals surface area contributed by atoms with Crippen LogP contribution in [0.25, 0.3) is 0 Å². The summed E-state index contributed by atoms with van der Waals surface area (Å²) >= 11 is 1.41. The second-order valence-corrected chi connectivity index (χ2v) is 4.16. The van der Waals surface area contributed by atoms with Crippen LogP contribution in [0.2, 0.25) is 2.07 Å². The van der Waals surface area contributed by atoms with Gasteiger partial charge < -0.3 is 14.4 Å². The first-order valence-corrected chi connectivity index (χ1v) is 7.17. The van der Waals surface area contributed by atoms with Gasteiger partial charge in [0.2, 0.25) is 0 Å². The van der Waals surface area contributed by atoms with Gasteiger partial charge in [-0.3, -0.25) is 0 Å². The number of rotatable bonds is 4. The first-order valence-electron chi connectivity index (χ1n) is 3.67. The number of unbranched alkanes of at least 4 members (excludes halogenated alkanes) is 3. The van der Waals surface area contributed by atoms with Crippen molar-refractivity contribution in [2.75, 3.05) is 0 Å². The van der Waals surface area contributed by atoms with E-state index in [4.69, 9.17) is 14.4 Å². The van der Waals surface area contributed by atoms with Crippen LogP contribution in [0, 0.1) is 38.8 Å². The minimum absolute atomic E-state index is 1.38. The molecule has 0 atom stereocenters. The molecule has 0 spiro atoms. The average Bonchev–Trinajstić information content (AvgIpc) is 1.88. The van der Waals surface area contributed by atoms with E-state index < -0.39 is 8.25 Å². The van der Waals surface area contributed by atoms with Crippen LogP contribution >= 0.6 is 8.25 Å². The summed E-state index contributed by atoms with van der Waals surface area (Å²) in [5.74, 6) is 0. The Balaban J connectivity index is 0. The Morgan fingerprint density at radius 2 is 1.73 bits per heavy atom. The van der Waals surface area contributed by atoms with Gasteiger partial charge in [-0.2, -0.15) is 0 Å². The van der Waals surface area contributed by atoms with Gasteiger partial charge in [0, 0.05) is 0 Å². The van der Waals surface area contributed by atoms with Gasteiger partial charge in [0.05, 0.1) is 0 Å². The summed E-state index contributed by atoms with van der Waals surface area (Å²) in [7, 11) is -3.63. The van der Waals surface area contributed by atoms with Gasteiger partial charge >= 0.3 is 73.5 Å². The second kappa shape index (κ2) is 14.0. The summed E-state index contributed by atoms with van der Waals surface area (Å²) in [5.41, 5.74) is 0. The normalized spacial score (nSPS) is 9.27. The van der Waals surface area contributed by atoms with Crippen molar-refractivity contribution in [3.05, 3.63) is 0 Å². The smallest absolute Gasteiger partial charge is 0.0813 e. The van der Waals surface area contributed by atoms with Crippen molar-refractivity contribution in [1.29, 1.82) is 0 Å². The molecule has 0 amide bonds. The zero-order valence-electron chi connectivity index (χ0n) is 6.76. The van der Waals surface area contributed by atoms with Gasteiger partial charge in [-0.1, -0.05) is 8.25 Å². The zero-order chi connectivity index (χ0) is 9.11. The maximum absolute atomic E-state index is 8.52. The molecule has 5 heteroatoms. The molecule has 0 radical (unpaired) electrons. The average molecular weight is 309 g/mol. The molecular formula is C6H14NdO3P. The van der Waals surface area contributed by atoms with E-state index in [9.17, 15) is 0 Å². The molecule has 3 nitrogen and oxygen atoms in total. The van der Waals surface area contributed by atoms with Gasteiger partial charge in [-0.05, 0) is 0 Å². The monoisotopic (exact) mass is 307 g/mol. The Morgan fingerprint density at radius 3 is 2.00 bits per heavy atom. The fourth-order valence-corrected chi connectivity index (χ4v) is 1.35. The summed E-state index contributed by atoms with van der Waals surface area (Å²) in [6, 6.07) is 0. The maximum atomic E-state index is 8.52. The molecule has 0 aliphatic carbocycles. The van der Waals surface area contributed by atoms with E-state index in [0.717, 1.165) is 0 Å². The van der Waals surface area contributed by atoms with Gasteiger partial charge in [-0.25, -0.2) is 0 Å². The Bertz CT molecular complexity index is 81.9. The maximum Gasteiger partial charge on any atom is -0.0813 e. The third-order valence-corrected chi connectivity index (χ3v) is 2.16. The molecule has 11 heavy (non-hydrogen) atoms. The predicted octanol–water partition coefficient (Wildman–Crippen LogP) is 0.631. The van der Waals surface area contributed by atoms with Crippen molar-refractivity contribution in [1.82, 2.24) is 0 Å². The third kappa shape index (κ3) is 34.3. The van der Waals surface area contributed by atoms with Crippen molar-refractivity contribution in [2.45, 2.75) is 34.7 Å². The summed E-state index contributed by atoms with van der Waals surface area (Å²) < 4.78 is 10.0. The quantitative estimate of drug-likeness (QED) is 0.565. The molecule has 0 aromatic rings. The van der Waals surface area contributed by atoms with E-state index in [1.54, 1.807) is 0 Å². The largest absolute Gasteiger partial charge is 0.813 e. The molecule has 0 heterocycles. The van der Waals surface area contributed by atoms with Crippen LogP contribution in [-0.4, -0.2) is 0 Å². The zero-order valence-corrected chi connectivity index (χ0v) is 11.0. The molecular weight excluding hydrogens is 295 g/mol. The molecule has 65 valence electrons. The second-order valence-electron chi connectivity index (χ2n) is 2.06. The van der Waals surface area contributed by atoms with Crippen molar-refractivity contribution in [3.63, 3.8) is 0 Å². The van der Waals surface area contributed by atoms with Crippen LogP contribution in [0.3, 0.4) is 0 Å². The van der Waals surface area contributed by atoms with Crippen LogP contribution in [0.5, 0.6) is 0 Å². The fraction of sp³-hybridized carbons (Fsp3) is 1.00. The summed E-state index contributed by atoms with van der Waals surface area (Å²) in [4.78, 5) is 17.0. The van der Waals surface area contributed by atoms with Crippen molar-refractivity contribution >= 4 is 8.25 Å². The van der Waals surface area contributed by atoms with Gasteiger partial charge in [-0.15, -0.1) is 0 Å². The summed E-state index contributed by atoms with van der Waals surface area (Å²) in [5, 5.41) is 0. The Kier molecular flexibility index (Phi) is 19.2. The minimum Gasteiger partial charge on any atom is -0.813 e. The van der Waals surface area contributed by atoms with E-state index >= 15 is 0 Å². The van der Waals surface area contributed by atoms with Gasteiger partial charge in [0.1, 0.15) is 0 Å². The van der Waals surface area contributed by atoms with Crippen molar-refractivity contribution in [2.24, 2.45) is 0 Å². The van der Waals surface area contributed by atoms with Crippen LogP contribution < -0.4 is 9.79 Å². The van der Waals surface area contributed by atoms with Crippen molar-refractivity contribution in [3.8, 4) is 0 Å². The molecule has 0 rings (SSSR count). The summed E-state index contributed by atoms with van der Waals surface area (Å²) in [6.45, 7) is 2.26. The van der Waals surface area contributed by atoms with E-state index in [1.807, 2.05) is 0 Å². The fourth-order valence-electron chi connectivity index (χ4n) is 0.552. The number of hydrogen-bond donors (Lipinski definition) is 0. The predicted molar refractivity (Wildman–Crippen MR) is 38.0 cm³/mol. The molecule has 0 unspecified atom stereocenters. The molecule has 0 aromatic carbocycles. The van der Waals surface area contributed by atoms with E-state index in [-0.39, 0.29) is 0 Å². The topological polar surface area (TPSA) is 63.2 Å². The SMILES string of the molecule is CCCCC[CH2][Nd+2].O=[PH]([O-])[O-]. The van der Waals surface area contributed by atoms with Gasteiger partial charge in [0.15, 0.2) is 0 Å². The van der Waals surface area contributed by atoms with Crippen LogP contribution in [0.1, 0.15) is 32.6 Å². The first-order chi connectivity index (χ1) is 5.15.